The highest BCUT2D eigenvalue weighted by molar-refractivity contribution is 5.95. The lowest BCUT2D eigenvalue weighted by atomic mass is 10.00. The van der Waals surface area contributed by atoms with Gasteiger partial charge in [-0.3, -0.25) is 9.63 Å². The molecule has 10 nitrogen and oxygen atoms in total. The lowest BCUT2D eigenvalue weighted by Crippen LogP contribution is -2.23. The third-order valence-corrected chi connectivity index (χ3v) is 5.10. The number of hydroxylamine groups is 1. The fourth-order valence-corrected chi connectivity index (χ4v) is 3.67. The Morgan fingerprint density at radius 2 is 1.97 bits per heavy atom. The lowest BCUT2D eigenvalue weighted by Gasteiger charge is -2.13. The molecule has 3 aromatic heterocycles. The summed E-state index contributed by atoms with van der Waals surface area (Å²) in [5, 5.41) is 14.6. The maximum absolute atomic E-state index is 14.6. The van der Waals surface area contributed by atoms with Crippen molar-refractivity contribution < 1.29 is 31.6 Å². The molecule has 1 amide bonds. The zero-order valence-corrected chi connectivity index (χ0v) is 19.6. The fraction of sp³-hybridized carbons (Fsp3) is 0.318. The minimum absolute atomic E-state index is 0.000820. The highest BCUT2D eigenvalue weighted by Crippen LogP contribution is 2.37. The van der Waals surface area contributed by atoms with Crippen LogP contribution in [0.25, 0.3) is 17.0 Å². The van der Waals surface area contributed by atoms with Gasteiger partial charge in [0.25, 0.3) is 11.8 Å². The molecule has 0 spiro atoms. The van der Waals surface area contributed by atoms with E-state index in [0.717, 1.165) is 13.0 Å². The summed E-state index contributed by atoms with van der Waals surface area (Å²) in [6, 6.07) is 1.54. The molecule has 0 radical (unpaired) electrons. The first-order chi connectivity index (χ1) is 17.0. The Morgan fingerprint density at radius 1 is 1.22 bits per heavy atom. The number of carbonyl (C=O) groups is 1. The van der Waals surface area contributed by atoms with Crippen LogP contribution in [0.2, 0.25) is 0 Å². The molecule has 4 rings (SSSR count). The molecule has 2 N–H and O–H groups in total. The molecule has 190 valence electrons. The van der Waals surface area contributed by atoms with Crippen molar-refractivity contribution in [3.63, 3.8) is 0 Å². The Kier molecular flexibility index (Phi) is 6.63. The van der Waals surface area contributed by atoms with E-state index in [2.05, 4.69) is 30.4 Å². The molecular formula is C22H21F4N7O3. The Bertz CT molecular complexity index is 1430. The van der Waals surface area contributed by atoms with Crippen molar-refractivity contribution in [2.75, 3.05) is 12.4 Å². The van der Waals surface area contributed by atoms with Crippen LogP contribution >= 0.6 is 0 Å². The summed E-state index contributed by atoms with van der Waals surface area (Å²) in [5.74, 6) is -6.29. The number of anilines is 2. The molecule has 0 aliphatic rings. The minimum atomic E-state index is -3.03. The van der Waals surface area contributed by atoms with Crippen molar-refractivity contribution in [1.82, 2.24) is 30.3 Å². The second kappa shape index (κ2) is 9.53. The standard InChI is InChI=1S/C22H21F4N7O3/c1-10(2)17-12(21-31-30-16(36-21)7-22(3,25)26)8-33-18(17)19(27-9-28-33)29-15-5-11(20(34)32-35-4)13(23)6-14(15)24/h5-6,8-10H,7H2,1-4H3,(H,32,34)(H,27,28,29). The maximum Gasteiger partial charge on any atom is 0.277 e. The third kappa shape index (κ3) is 4.98. The van der Waals surface area contributed by atoms with Crippen molar-refractivity contribution in [3.05, 3.63) is 53.3 Å². The summed E-state index contributed by atoms with van der Waals surface area (Å²) >= 11 is 0. The highest BCUT2D eigenvalue weighted by Gasteiger charge is 2.28. The van der Waals surface area contributed by atoms with E-state index in [9.17, 15) is 22.4 Å². The number of aromatic nitrogens is 5. The van der Waals surface area contributed by atoms with E-state index in [0.29, 0.717) is 22.7 Å². The topological polar surface area (TPSA) is 119 Å². The van der Waals surface area contributed by atoms with Gasteiger partial charge in [-0.05, 0) is 24.5 Å². The highest BCUT2D eigenvalue weighted by atomic mass is 19.3. The van der Waals surface area contributed by atoms with Gasteiger partial charge in [0.1, 0.15) is 23.5 Å². The molecule has 0 bridgehead atoms. The number of rotatable bonds is 8. The number of halogens is 4. The molecule has 0 fully saturated rings. The van der Waals surface area contributed by atoms with Crippen LogP contribution in [0.5, 0.6) is 0 Å². The number of carbonyl (C=O) groups excluding carboxylic acids is 1. The molecular weight excluding hydrogens is 486 g/mol. The van der Waals surface area contributed by atoms with Crippen LogP contribution in [0.4, 0.5) is 29.1 Å². The van der Waals surface area contributed by atoms with Crippen molar-refractivity contribution in [3.8, 4) is 11.5 Å². The number of nitrogens with one attached hydrogen (secondary N) is 2. The van der Waals surface area contributed by atoms with E-state index in [1.807, 2.05) is 19.3 Å². The predicted octanol–water partition coefficient (Wildman–Crippen LogP) is 4.41. The minimum Gasteiger partial charge on any atom is -0.420 e. The predicted molar refractivity (Wildman–Crippen MR) is 119 cm³/mol. The maximum atomic E-state index is 14.6. The van der Waals surface area contributed by atoms with E-state index in [1.54, 1.807) is 6.20 Å². The van der Waals surface area contributed by atoms with Crippen molar-refractivity contribution in [2.45, 2.75) is 39.0 Å². The molecule has 0 saturated carbocycles. The second-order valence-corrected chi connectivity index (χ2v) is 8.33. The van der Waals surface area contributed by atoms with Gasteiger partial charge in [0, 0.05) is 12.3 Å². The first kappa shape index (κ1) is 25.0. The lowest BCUT2D eigenvalue weighted by molar-refractivity contribution is 0.0164. The smallest absolute Gasteiger partial charge is 0.277 e. The first-order valence-electron chi connectivity index (χ1n) is 10.6. The van der Waals surface area contributed by atoms with Gasteiger partial charge >= 0.3 is 0 Å². The molecule has 36 heavy (non-hydrogen) atoms. The largest absolute Gasteiger partial charge is 0.420 e. The number of nitrogens with zero attached hydrogens (tertiary/aromatic N) is 5. The van der Waals surface area contributed by atoms with E-state index in [-0.39, 0.29) is 29.2 Å². The zero-order valence-electron chi connectivity index (χ0n) is 19.6. The van der Waals surface area contributed by atoms with E-state index >= 15 is 0 Å². The Hall–Kier alpha value is -4.07. The quantitative estimate of drug-likeness (QED) is 0.266. The van der Waals surface area contributed by atoms with Crippen LogP contribution in [0.15, 0.2) is 29.1 Å². The molecule has 1 aromatic carbocycles. The van der Waals surface area contributed by atoms with Gasteiger partial charge in [-0.2, -0.15) is 5.10 Å². The normalized spacial score (nSPS) is 11.9. The third-order valence-electron chi connectivity index (χ3n) is 5.10. The first-order valence-corrected chi connectivity index (χ1v) is 10.6. The zero-order chi connectivity index (χ0) is 26.2. The molecule has 0 saturated heterocycles. The van der Waals surface area contributed by atoms with E-state index in [1.165, 1.54) is 18.0 Å². The van der Waals surface area contributed by atoms with Crippen LogP contribution in [0.3, 0.4) is 0 Å². The summed E-state index contributed by atoms with van der Waals surface area (Å²) in [5.41, 5.74) is 2.71. The number of hydrogen-bond donors (Lipinski definition) is 2. The van der Waals surface area contributed by atoms with Gasteiger partial charge in [0.2, 0.25) is 11.8 Å². The Balaban J connectivity index is 1.80. The van der Waals surface area contributed by atoms with Crippen molar-refractivity contribution in [1.29, 1.82) is 0 Å². The van der Waals surface area contributed by atoms with Gasteiger partial charge in [-0.1, -0.05) is 13.8 Å². The fourth-order valence-electron chi connectivity index (χ4n) is 3.67. The van der Waals surface area contributed by atoms with Gasteiger partial charge in [0.15, 0.2) is 5.82 Å². The molecule has 0 unspecified atom stereocenters. The molecule has 0 atom stereocenters. The number of fused-ring (bicyclic) bond motifs is 1. The second-order valence-electron chi connectivity index (χ2n) is 8.33. The number of alkyl halides is 2. The molecule has 0 aliphatic carbocycles. The Morgan fingerprint density at radius 3 is 2.64 bits per heavy atom. The number of hydrogen-bond acceptors (Lipinski definition) is 8. The SMILES string of the molecule is CONC(=O)c1cc(Nc2ncnn3cc(-c4nnc(CC(C)(F)F)o4)c(C(C)C)c23)c(F)cc1F. The van der Waals surface area contributed by atoms with E-state index in [4.69, 9.17) is 4.42 Å². The summed E-state index contributed by atoms with van der Waals surface area (Å²) < 4.78 is 62.5. The van der Waals surface area contributed by atoms with Crippen LogP contribution in [0, 0.1) is 11.6 Å². The van der Waals surface area contributed by atoms with Gasteiger partial charge in [-0.25, -0.2) is 32.5 Å². The van der Waals surface area contributed by atoms with Gasteiger partial charge in [-0.15, -0.1) is 10.2 Å². The summed E-state index contributed by atoms with van der Waals surface area (Å²) in [6.45, 7) is 4.47. The van der Waals surface area contributed by atoms with Crippen molar-refractivity contribution in [2.24, 2.45) is 0 Å². The molecule has 0 aliphatic heterocycles. The molecule has 3 heterocycles. The van der Waals surface area contributed by atoms with Crippen LogP contribution in [-0.2, 0) is 11.3 Å². The summed E-state index contributed by atoms with van der Waals surface area (Å²) in [7, 11) is 1.17. The average molecular weight is 507 g/mol. The molecule has 4 aromatic rings. The summed E-state index contributed by atoms with van der Waals surface area (Å²) in [6.07, 6.45) is 2.03. The van der Waals surface area contributed by atoms with E-state index < -0.39 is 35.4 Å². The number of benzene rings is 1. The molecule has 14 heteroatoms. The monoisotopic (exact) mass is 507 g/mol. The van der Waals surface area contributed by atoms with Crippen LogP contribution < -0.4 is 10.8 Å². The van der Waals surface area contributed by atoms with Crippen molar-refractivity contribution >= 4 is 22.9 Å². The number of amides is 1. The summed E-state index contributed by atoms with van der Waals surface area (Å²) in [4.78, 5) is 20.8. The van der Waals surface area contributed by atoms with Crippen LogP contribution in [-0.4, -0.2) is 43.7 Å². The Labute approximate surface area is 201 Å². The van der Waals surface area contributed by atoms with Gasteiger partial charge in [0.05, 0.1) is 30.3 Å². The van der Waals surface area contributed by atoms with Gasteiger partial charge < -0.3 is 9.73 Å². The average Bonchev–Trinajstić information content (AvgIpc) is 3.39. The van der Waals surface area contributed by atoms with Crippen LogP contribution in [0.1, 0.15) is 48.5 Å².